The normalized spacial score (nSPS) is 20.1. The van der Waals surface area contributed by atoms with Gasteiger partial charge in [-0.25, -0.2) is 4.79 Å². The van der Waals surface area contributed by atoms with Gasteiger partial charge in [0.25, 0.3) is 5.69 Å². The lowest BCUT2D eigenvalue weighted by Gasteiger charge is -2.29. The fourth-order valence-electron chi connectivity index (χ4n) is 2.99. The summed E-state index contributed by atoms with van der Waals surface area (Å²) < 4.78 is 0. The van der Waals surface area contributed by atoms with Crippen LogP contribution in [0.15, 0.2) is 49.6 Å². The maximum Gasteiger partial charge on any atom is 0.322 e. The molecule has 1 N–H and O–H groups in total. The molecule has 1 saturated heterocycles. The molecule has 1 aromatic carbocycles. The van der Waals surface area contributed by atoms with Gasteiger partial charge in [-0.05, 0) is 37.8 Å². The molecule has 122 valence electrons. The standard InChI is InChI=1S/C17H21N3O3/c1-3-5-14-11-12-15(6-4-2)19(14)17(21)18-13-7-9-16(10-8-13)20(22)23/h3-4,7-10,14-15H,1-2,5-6,11-12H2,(H,18,21). The lowest BCUT2D eigenvalue weighted by Crippen LogP contribution is -2.43. The third kappa shape index (κ3) is 3.97. The molecule has 2 amide bonds. The largest absolute Gasteiger partial charge is 0.322 e. The summed E-state index contributed by atoms with van der Waals surface area (Å²) in [6.07, 6.45) is 7.04. The third-order valence-electron chi connectivity index (χ3n) is 4.06. The lowest BCUT2D eigenvalue weighted by atomic mass is 10.1. The summed E-state index contributed by atoms with van der Waals surface area (Å²) in [6, 6.07) is 5.92. The van der Waals surface area contributed by atoms with E-state index in [0.717, 1.165) is 25.7 Å². The highest BCUT2D eigenvalue weighted by Crippen LogP contribution is 2.29. The molecule has 1 aromatic rings. The van der Waals surface area contributed by atoms with Gasteiger partial charge in [0.1, 0.15) is 0 Å². The van der Waals surface area contributed by atoms with Gasteiger partial charge < -0.3 is 10.2 Å². The van der Waals surface area contributed by atoms with Crippen LogP contribution in [0.4, 0.5) is 16.2 Å². The zero-order valence-corrected chi connectivity index (χ0v) is 13.0. The molecule has 1 fully saturated rings. The average Bonchev–Trinajstić information content (AvgIpc) is 2.91. The molecule has 0 aromatic heterocycles. The first kappa shape index (κ1) is 16.7. The van der Waals surface area contributed by atoms with Crippen molar-refractivity contribution >= 4 is 17.4 Å². The van der Waals surface area contributed by atoms with E-state index in [-0.39, 0.29) is 23.8 Å². The Balaban J connectivity index is 2.10. The smallest absolute Gasteiger partial charge is 0.318 e. The van der Waals surface area contributed by atoms with E-state index in [0.29, 0.717) is 5.69 Å². The number of nitrogens with zero attached hydrogens (tertiary/aromatic N) is 2. The van der Waals surface area contributed by atoms with Gasteiger partial charge in [0.2, 0.25) is 0 Å². The van der Waals surface area contributed by atoms with Crippen molar-refractivity contribution < 1.29 is 9.72 Å². The predicted octanol–water partition coefficient (Wildman–Crippen LogP) is 4.11. The number of likely N-dealkylation sites (tertiary alicyclic amines) is 1. The number of anilines is 1. The summed E-state index contributed by atoms with van der Waals surface area (Å²) in [5.74, 6) is 0. The molecule has 2 atom stereocenters. The SMILES string of the molecule is C=CCC1CCC(CC=C)N1C(=O)Nc1ccc([N+](=O)[O-])cc1. The van der Waals surface area contributed by atoms with Gasteiger partial charge in [-0.1, -0.05) is 12.2 Å². The number of nitrogens with one attached hydrogen (secondary N) is 1. The van der Waals surface area contributed by atoms with Crippen LogP contribution in [0.2, 0.25) is 0 Å². The number of urea groups is 1. The van der Waals surface area contributed by atoms with Crippen molar-refractivity contribution in [2.75, 3.05) is 5.32 Å². The lowest BCUT2D eigenvalue weighted by molar-refractivity contribution is -0.384. The molecule has 0 bridgehead atoms. The molecular weight excluding hydrogens is 294 g/mol. The number of rotatable bonds is 6. The summed E-state index contributed by atoms with van der Waals surface area (Å²) in [5.41, 5.74) is 0.542. The summed E-state index contributed by atoms with van der Waals surface area (Å²) >= 11 is 0. The molecule has 0 radical (unpaired) electrons. The second-order valence-corrected chi connectivity index (χ2v) is 5.58. The van der Waals surface area contributed by atoms with Gasteiger partial charge in [0, 0.05) is 29.9 Å². The van der Waals surface area contributed by atoms with E-state index < -0.39 is 4.92 Å². The monoisotopic (exact) mass is 315 g/mol. The number of non-ortho nitro benzene ring substituents is 1. The van der Waals surface area contributed by atoms with E-state index in [1.54, 1.807) is 0 Å². The highest BCUT2D eigenvalue weighted by atomic mass is 16.6. The number of nitro benzene ring substituents is 1. The second kappa shape index (κ2) is 7.58. The van der Waals surface area contributed by atoms with Crippen LogP contribution in [-0.4, -0.2) is 27.9 Å². The molecule has 0 spiro atoms. The Morgan fingerprint density at radius 1 is 1.22 bits per heavy atom. The molecular formula is C17H21N3O3. The molecule has 0 aliphatic carbocycles. The van der Waals surface area contributed by atoms with E-state index in [1.165, 1.54) is 24.3 Å². The number of nitro groups is 1. The van der Waals surface area contributed by atoms with E-state index in [1.807, 2.05) is 17.1 Å². The van der Waals surface area contributed by atoms with Crippen LogP contribution >= 0.6 is 0 Å². The predicted molar refractivity (Wildman–Crippen MR) is 90.4 cm³/mol. The quantitative estimate of drug-likeness (QED) is 0.487. The number of benzene rings is 1. The van der Waals surface area contributed by atoms with Crippen LogP contribution in [0.25, 0.3) is 0 Å². The topological polar surface area (TPSA) is 75.5 Å². The second-order valence-electron chi connectivity index (χ2n) is 5.58. The number of carbonyl (C=O) groups is 1. The zero-order valence-electron chi connectivity index (χ0n) is 13.0. The number of hydrogen-bond donors (Lipinski definition) is 1. The van der Waals surface area contributed by atoms with E-state index in [2.05, 4.69) is 18.5 Å². The zero-order chi connectivity index (χ0) is 16.8. The summed E-state index contributed by atoms with van der Waals surface area (Å²) in [5, 5.41) is 13.5. The molecule has 0 saturated carbocycles. The third-order valence-corrected chi connectivity index (χ3v) is 4.06. The molecule has 2 rings (SSSR count). The van der Waals surface area contributed by atoms with Crippen molar-refractivity contribution in [3.8, 4) is 0 Å². The molecule has 1 aliphatic heterocycles. The molecule has 6 heteroatoms. The molecule has 2 unspecified atom stereocenters. The Labute approximate surface area is 135 Å². The number of hydrogen-bond acceptors (Lipinski definition) is 3. The number of carbonyl (C=O) groups excluding carboxylic acids is 1. The maximum atomic E-state index is 12.6. The minimum atomic E-state index is -0.466. The van der Waals surface area contributed by atoms with Crippen LogP contribution < -0.4 is 5.32 Å². The Morgan fingerprint density at radius 3 is 2.17 bits per heavy atom. The molecule has 1 aliphatic rings. The molecule has 6 nitrogen and oxygen atoms in total. The van der Waals surface area contributed by atoms with Crippen LogP contribution in [-0.2, 0) is 0 Å². The van der Waals surface area contributed by atoms with E-state index in [4.69, 9.17) is 0 Å². The van der Waals surface area contributed by atoms with Gasteiger partial charge in [-0.3, -0.25) is 10.1 Å². The van der Waals surface area contributed by atoms with Gasteiger partial charge >= 0.3 is 6.03 Å². The van der Waals surface area contributed by atoms with Crippen molar-refractivity contribution in [3.63, 3.8) is 0 Å². The van der Waals surface area contributed by atoms with Crippen molar-refractivity contribution in [2.45, 2.75) is 37.8 Å². The van der Waals surface area contributed by atoms with Crippen molar-refractivity contribution in [1.29, 1.82) is 0 Å². The molecule has 23 heavy (non-hydrogen) atoms. The fourth-order valence-corrected chi connectivity index (χ4v) is 2.99. The summed E-state index contributed by atoms with van der Waals surface area (Å²) in [7, 11) is 0. The minimum absolute atomic E-state index is 0.00163. The molecule has 1 heterocycles. The Bertz CT molecular complexity index is 580. The van der Waals surface area contributed by atoms with Crippen LogP contribution in [0.3, 0.4) is 0 Å². The first-order valence-electron chi connectivity index (χ1n) is 7.62. The Kier molecular flexibility index (Phi) is 5.51. The van der Waals surface area contributed by atoms with E-state index in [9.17, 15) is 14.9 Å². The van der Waals surface area contributed by atoms with Gasteiger partial charge in [0.15, 0.2) is 0 Å². The van der Waals surface area contributed by atoms with Gasteiger partial charge in [0.05, 0.1) is 4.92 Å². The number of amides is 2. The van der Waals surface area contributed by atoms with Crippen LogP contribution in [0, 0.1) is 10.1 Å². The van der Waals surface area contributed by atoms with Crippen molar-refractivity contribution in [2.24, 2.45) is 0 Å². The van der Waals surface area contributed by atoms with Crippen molar-refractivity contribution in [3.05, 3.63) is 59.7 Å². The minimum Gasteiger partial charge on any atom is -0.318 e. The first-order valence-corrected chi connectivity index (χ1v) is 7.62. The summed E-state index contributed by atoms with van der Waals surface area (Å²) in [4.78, 5) is 24.7. The first-order chi connectivity index (χ1) is 11.1. The highest BCUT2D eigenvalue weighted by Gasteiger charge is 2.35. The fraction of sp³-hybridized carbons (Fsp3) is 0.353. The maximum absolute atomic E-state index is 12.6. The highest BCUT2D eigenvalue weighted by molar-refractivity contribution is 5.90. The van der Waals surface area contributed by atoms with Crippen LogP contribution in [0.1, 0.15) is 25.7 Å². The van der Waals surface area contributed by atoms with Crippen molar-refractivity contribution in [1.82, 2.24) is 4.90 Å². The average molecular weight is 315 g/mol. The Hall–Kier alpha value is -2.63. The van der Waals surface area contributed by atoms with E-state index >= 15 is 0 Å². The summed E-state index contributed by atoms with van der Waals surface area (Å²) in [6.45, 7) is 7.51. The van der Waals surface area contributed by atoms with Crippen LogP contribution in [0.5, 0.6) is 0 Å². The Morgan fingerprint density at radius 2 is 1.74 bits per heavy atom. The van der Waals surface area contributed by atoms with Gasteiger partial charge in [-0.2, -0.15) is 0 Å². The van der Waals surface area contributed by atoms with Gasteiger partial charge in [-0.15, -0.1) is 13.2 Å².